The molecule has 18 heavy (non-hydrogen) atoms. The van der Waals surface area contributed by atoms with Gasteiger partial charge in [0.15, 0.2) is 11.5 Å². The first-order valence-corrected chi connectivity index (χ1v) is 6.72. The van der Waals surface area contributed by atoms with Gasteiger partial charge in [-0.25, -0.2) is 0 Å². The van der Waals surface area contributed by atoms with Gasteiger partial charge >= 0.3 is 0 Å². The molecule has 0 radical (unpaired) electrons. The molecule has 0 aliphatic heterocycles. The Balaban J connectivity index is 2.12. The van der Waals surface area contributed by atoms with Crippen molar-refractivity contribution < 1.29 is 9.47 Å². The average molecular weight is 263 g/mol. The Kier molecular flexibility index (Phi) is 4.23. The summed E-state index contributed by atoms with van der Waals surface area (Å²) >= 11 is 1.66. The molecule has 2 rings (SSSR count). The molecule has 1 aromatic carbocycles. The highest BCUT2D eigenvalue weighted by atomic mass is 32.1. The molecule has 0 spiro atoms. The predicted octanol–water partition coefficient (Wildman–Crippen LogP) is 3.36. The molecule has 0 amide bonds. The SMILES string of the molecule is COc1cc([C@H](C)N)ccc1OCc1ccsc1. The van der Waals surface area contributed by atoms with Crippen LogP contribution >= 0.6 is 11.3 Å². The smallest absolute Gasteiger partial charge is 0.161 e. The van der Waals surface area contributed by atoms with Gasteiger partial charge in [-0.3, -0.25) is 0 Å². The average Bonchev–Trinajstić information content (AvgIpc) is 2.89. The number of hydrogen-bond acceptors (Lipinski definition) is 4. The molecule has 0 saturated heterocycles. The van der Waals surface area contributed by atoms with Crippen LogP contribution in [-0.2, 0) is 6.61 Å². The summed E-state index contributed by atoms with van der Waals surface area (Å²) in [5, 5.41) is 4.11. The van der Waals surface area contributed by atoms with Gasteiger partial charge in [-0.1, -0.05) is 6.07 Å². The molecule has 0 aliphatic rings. The Morgan fingerprint density at radius 1 is 1.28 bits per heavy atom. The lowest BCUT2D eigenvalue weighted by molar-refractivity contribution is 0.284. The third-order valence-electron chi connectivity index (χ3n) is 2.69. The molecule has 0 saturated carbocycles. The molecule has 3 nitrogen and oxygen atoms in total. The summed E-state index contributed by atoms with van der Waals surface area (Å²) in [6.07, 6.45) is 0. The molecule has 0 bridgehead atoms. The fourth-order valence-corrected chi connectivity index (χ4v) is 2.28. The molecule has 4 heteroatoms. The lowest BCUT2D eigenvalue weighted by Gasteiger charge is -2.13. The number of ether oxygens (including phenoxy) is 2. The van der Waals surface area contributed by atoms with Crippen molar-refractivity contribution in [3.05, 3.63) is 46.2 Å². The zero-order valence-electron chi connectivity index (χ0n) is 10.6. The van der Waals surface area contributed by atoms with Gasteiger partial charge in [0.1, 0.15) is 6.61 Å². The summed E-state index contributed by atoms with van der Waals surface area (Å²) in [5.41, 5.74) is 8.05. The van der Waals surface area contributed by atoms with Crippen molar-refractivity contribution >= 4 is 11.3 Å². The van der Waals surface area contributed by atoms with Crippen molar-refractivity contribution in [3.63, 3.8) is 0 Å². The summed E-state index contributed by atoms with van der Waals surface area (Å²) in [5.74, 6) is 1.47. The van der Waals surface area contributed by atoms with E-state index in [1.807, 2.05) is 36.6 Å². The van der Waals surface area contributed by atoms with Crippen molar-refractivity contribution in [2.45, 2.75) is 19.6 Å². The van der Waals surface area contributed by atoms with Crippen LogP contribution in [0.2, 0.25) is 0 Å². The van der Waals surface area contributed by atoms with Crippen LogP contribution in [0.4, 0.5) is 0 Å². The molecule has 1 heterocycles. The zero-order valence-corrected chi connectivity index (χ0v) is 11.4. The lowest BCUT2D eigenvalue weighted by Crippen LogP contribution is -2.05. The van der Waals surface area contributed by atoms with E-state index in [1.165, 1.54) is 5.56 Å². The number of methoxy groups -OCH3 is 1. The van der Waals surface area contributed by atoms with Crippen LogP contribution in [0.1, 0.15) is 24.1 Å². The normalized spacial score (nSPS) is 12.2. The monoisotopic (exact) mass is 263 g/mol. The highest BCUT2D eigenvalue weighted by molar-refractivity contribution is 7.07. The predicted molar refractivity (Wildman–Crippen MR) is 74.2 cm³/mol. The number of rotatable bonds is 5. The highest BCUT2D eigenvalue weighted by Gasteiger charge is 2.08. The minimum Gasteiger partial charge on any atom is -0.493 e. The van der Waals surface area contributed by atoms with E-state index in [9.17, 15) is 0 Å². The van der Waals surface area contributed by atoms with Crippen LogP contribution < -0.4 is 15.2 Å². The maximum Gasteiger partial charge on any atom is 0.161 e. The largest absolute Gasteiger partial charge is 0.493 e. The van der Waals surface area contributed by atoms with Crippen LogP contribution in [0.3, 0.4) is 0 Å². The second kappa shape index (κ2) is 5.89. The summed E-state index contributed by atoms with van der Waals surface area (Å²) in [6, 6.07) is 7.84. The molecular formula is C14H17NO2S. The molecule has 0 unspecified atom stereocenters. The summed E-state index contributed by atoms with van der Waals surface area (Å²) < 4.78 is 11.1. The maximum atomic E-state index is 5.84. The summed E-state index contributed by atoms with van der Waals surface area (Å²) in [7, 11) is 1.64. The van der Waals surface area contributed by atoms with E-state index in [2.05, 4.69) is 5.38 Å². The van der Waals surface area contributed by atoms with E-state index in [0.29, 0.717) is 6.61 Å². The first-order valence-electron chi connectivity index (χ1n) is 5.78. The third-order valence-corrected chi connectivity index (χ3v) is 3.42. The van der Waals surface area contributed by atoms with Crippen molar-refractivity contribution in [3.8, 4) is 11.5 Å². The maximum absolute atomic E-state index is 5.84. The fourth-order valence-electron chi connectivity index (χ4n) is 1.62. The first kappa shape index (κ1) is 12.9. The second-order valence-electron chi connectivity index (χ2n) is 4.12. The minimum absolute atomic E-state index is 0.00942. The molecule has 96 valence electrons. The van der Waals surface area contributed by atoms with Crippen LogP contribution in [0.5, 0.6) is 11.5 Å². The Hall–Kier alpha value is -1.52. The molecule has 2 N–H and O–H groups in total. The first-order chi connectivity index (χ1) is 8.70. The molecule has 0 fully saturated rings. The van der Waals surface area contributed by atoms with Gasteiger partial charge in [0.25, 0.3) is 0 Å². The fraction of sp³-hybridized carbons (Fsp3) is 0.286. The van der Waals surface area contributed by atoms with Crippen LogP contribution in [0, 0.1) is 0 Å². The summed E-state index contributed by atoms with van der Waals surface area (Å²) in [4.78, 5) is 0. The van der Waals surface area contributed by atoms with Crippen molar-refractivity contribution in [1.82, 2.24) is 0 Å². The number of nitrogens with two attached hydrogens (primary N) is 1. The van der Waals surface area contributed by atoms with Gasteiger partial charge in [-0.05, 0) is 47.0 Å². The third kappa shape index (κ3) is 3.03. The standard InChI is InChI=1S/C14H17NO2S/c1-10(15)12-3-4-13(14(7-12)16-2)17-8-11-5-6-18-9-11/h3-7,9-10H,8,15H2,1-2H3/t10-/m0/s1. The van der Waals surface area contributed by atoms with Gasteiger partial charge in [0.05, 0.1) is 7.11 Å². The van der Waals surface area contributed by atoms with E-state index in [1.54, 1.807) is 18.4 Å². The van der Waals surface area contributed by atoms with Crippen molar-refractivity contribution in [1.29, 1.82) is 0 Å². The molecule has 0 aliphatic carbocycles. The number of benzene rings is 1. The van der Waals surface area contributed by atoms with E-state index < -0.39 is 0 Å². The van der Waals surface area contributed by atoms with Crippen molar-refractivity contribution in [2.75, 3.05) is 7.11 Å². The minimum atomic E-state index is -0.00942. The van der Waals surface area contributed by atoms with E-state index in [0.717, 1.165) is 17.1 Å². The number of hydrogen-bond donors (Lipinski definition) is 1. The summed E-state index contributed by atoms with van der Waals surface area (Å²) in [6.45, 7) is 2.50. The molecular weight excluding hydrogens is 246 g/mol. The lowest BCUT2D eigenvalue weighted by atomic mass is 10.1. The van der Waals surface area contributed by atoms with E-state index >= 15 is 0 Å². The van der Waals surface area contributed by atoms with Gasteiger partial charge in [-0.15, -0.1) is 0 Å². The van der Waals surface area contributed by atoms with Gasteiger partial charge in [0.2, 0.25) is 0 Å². The Bertz CT molecular complexity index is 495. The topological polar surface area (TPSA) is 44.5 Å². The molecule has 1 atom stereocenters. The quantitative estimate of drug-likeness (QED) is 0.899. The van der Waals surface area contributed by atoms with Crippen molar-refractivity contribution in [2.24, 2.45) is 5.73 Å². The second-order valence-corrected chi connectivity index (χ2v) is 4.90. The van der Waals surface area contributed by atoms with Gasteiger partial charge in [0, 0.05) is 6.04 Å². The molecule has 1 aromatic heterocycles. The van der Waals surface area contributed by atoms with Crippen LogP contribution in [0.25, 0.3) is 0 Å². The van der Waals surface area contributed by atoms with E-state index in [4.69, 9.17) is 15.2 Å². The Morgan fingerprint density at radius 3 is 2.72 bits per heavy atom. The Morgan fingerprint density at radius 2 is 2.11 bits per heavy atom. The molecule has 2 aromatic rings. The highest BCUT2D eigenvalue weighted by Crippen LogP contribution is 2.30. The zero-order chi connectivity index (χ0) is 13.0. The van der Waals surface area contributed by atoms with Gasteiger partial charge < -0.3 is 15.2 Å². The number of thiophene rings is 1. The van der Waals surface area contributed by atoms with Crippen LogP contribution in [-0.4, -0.2) is 7.11 Å². The van der Waals surface area contributed by atoms with Gasteiger partial charge in [-0.2, -0.15) is 11.3 Å². The van der Waals surface area contributed by atoms with E-state index in [-0.39, 0.29) is 6.04 Å². The Labute approximate surface area is 111 Å². The van der Waals surface area contributed by atoms with Crippen LogP contribution in [0.15, 0.2) is 35.0 Å².